The molecule has 0 spiro atoms. The first-order valence-corrected chi connectivity index (χ1v) is 7.80. The van der Waals surface area contributed by atoms with Crippen molar-refractivity contribution in [2.75, 3.05) is 19.4 Å². The second-order valence-corrected chi connectivity index (χ2v) is 5.55. The first-order chi connectivity index (χ1) is 11.5. The van der Waals surface area contributed by atoms with Gasteiger partial charge >= 0.3 is 6.03 Å². The second-order valence-electron chi connectivity index (χ2n) is 5.55. The third-order valence-corrected chi connectivity index (χ3v) is 3.55. The number of aryl methyl sites for hydroxylation is 1. The molecule has 0 saturated carbocycles. The van der Waals surface area contributed by atoms with E-state index in [0.717, 1.165) is 17.7 Å². The Bertz CT molecular complexity index is 728. The fourth-order valence-electron chi connectivity index (χ4n) is 2.19. The minimum absolute atomic E-state index is 0.196. The third kappa shape index (κ3) is 4.55. The number of pyridine rings is 1. The van der Waals surface area contributed by atoms with Gasteiger partial charge in [-0.25, -0.2) is 4.79 Å². The largest absolute Gasteiger partial charge is 0.332 e. The van der Waals surface area contributed by atoms with Crippen LogP contribution in [0.3, 0.4) is 0 Å². The molecule has 3 amide bonds. The zero-order chi connectivity index (χ0) is 17.5. The molecule has 0 atom stereocenters. The van der Waals surface area contributed by atoms with Crippen molar-refractivity contribution >= 4 is 17.6 Å². The Morgan fingerprint density at radius 3 is 2.62 bits per heavy atom. The van der Waals surface area contributed by atoms with E-state index in [1.54, 1.807) is 32.4 Å². The Hall–Kier alpha value is -2.89. The molecule has 1 heterocycles. The van der Waals surface area contributed by atoms with Crippen molar-refractivity contribution in [3.63, 3.8) is 0 Å². The predicted octanol–water partition coefficient (Wildman–Crippen LogP) is 2.67. The molecule has 0 aliphatic carbocycles. The number of rotatable bonds is 5. The highest BCUT2D eigenvalue weighted by Crippen LogP contribution is 2.16. The minimum Gasteiger partial charge on any atom is -0.332 e. The summed E-state index contributed by atoms with van der Waals surface area (Å²) in [6.45, 7) is 2.31. The zero-order valence-electron chi connectivity index (χ0n) is 14.2. The number of para-hydroxylation sites is 1. The van der Waals surface area contributed by atoms with Crippen LogP contribution in [-0.4, -0.2) is 35.9 Å². The van der Waals surface area contributed by atoms with Crippen molar-refractivity contribution in [1.29, 1.82) is 0 Å². The molecule has 24 heavy (non-hydrogen) atoms. The van der Waals surface area contributed by atoms with E-state index < -0.39 is 0 Å². The van der Waals surface area contributed by atoms with Gasteiger partial charge in [-0.15, -0.1) is 0 Å². The van der Waals surface area contributed by atoms with Crippen LogP contribution in [0.5, 0.6) is 0 Å². The molecule has 0 radical (unpaired) electrons. The standard InChI is InChI=1S/C18H22N4O2/c1-4-13-7-5-6-8-16(13)21-17(23)14-9-10-19-15(11-14)12-20-18(24)22(2)3/h5-11H,4,12H2,1-3H3,(H,20,24)(H,21,23). The third-order valence-electron chi connectivity index (χ3n) is 3.55. The normalized spacial score (nSPS) is 10.1. The molecule has 6 heteroatoms. The smallest absolute Gasteiger partial charge is 0.317 e. The molecule has 0 saturated heterocycles. The van der Waals surface area contributed by atoms with Gasteiger partial charge in [0.2, 0.25) is 0 Å². The van der Waals surface area contributed by atoms with Gasteiger partial charge in [0.15, 0.2) is 0 Å². The minimum atomic E-state index is -0.205. The topological polar surface area (TPSA) is 74.3 Å². The lowest BCUT2D eigenvalue weighted by atomic mass is 10.1. The lowest BCUT2D eigenvalue weighted by molar-refractivity contribution is 0.102. The number of benzene rings is 1. The van der Waals surface area contributed by atoms with Crippen LogP contribution < -0.4 is 10.6 Å². The first kappa shape index (κ1) is 17.5. The summed E-state index contributed by atoms with van der Waals surface area (Å²) < 4.78 is 0. The van der Waals surface area contributed by atoms with Crippen LogP contribution in [0.25, 0.3) is 0 Å². The van der Waals surface area contributed by atoms with Crippen molar-refractivity contribution in [1.82, 2.24) is 15.2 Å². The van der Waals surface area contributed by atoms with Gasteiger partial charge in [-0.2, -0.15) is 0 Å². The van der Waals surface area contributed by atoms with E-state index in [2.05, 4.69) is 15.6 Å². The van der Waals surface area contributed by atoms with Crippen LogP contribution in [0, 0.1) is 0 Å². The predicted molar refractivity (Wildman–Crippen MR) is 93.9 cm³/mol. The van der Waals surface area contributed by atoms with Crippen LogP contribution >= 0.6 is 0 Å². The molecule has 0 fully saturated rings. The summed E-state index contributed by atoms with van der Waals surface area (Å²) in [4.78, 5) is 29.6. The summed E-state index contributed by atoms with van der Waals surface area (Å²) >= 11 is 0. The average Bonchev–Trinajstić information content (AvgIpc) is 2.60. The van der Waals surface area contributed by atoms with Crippen molar-refractivity contribution in [2.45, 2.75) is 19.9 Å². The van der Waals surface area contributed by atoms with Gasteiger partial charge < -0.3 is 15.5 Å². The molecule has 2 rings (SSSR count). The molecule has 0 aliphatic heterocycles. The average molecular weight is 326 g/mol. The Kier molecular flexibility index (Phi) is 5.89. The van der Waals surface area contributed by atoms with E-state index in [9.17, 15) is 9.59 Å². The number of aromatic nitrogens is 1. The first-order valence-electron chi connectivity index (χ1n) is 7.80. The maximum Gasteiger partial charge on any atom is 0.317 e. The number of anilines is 1. The quantitative estimate of drug-likeness (QED) is 0.887. The van der Waals surface area contributed by atoms with Gasteiger partial charge in [-0.3, -0.25) is 9.78 Å². The van der Waals surface area contributed by atoms with Crippen molar-refractivity contribution < 1.29 is 9.59 Å². The molecule has 2 N–H and O–H groups in total. The molecule has 1 aromatic heterocycles. The molecule has 0 aliphatic rings. The number of amides is 3. The Morgan fingerprint density at radius 2 is 1.92 bits per heavy atom. The fourth-order valence-corrected chi connectivity index (χ4v) is 2.19. The summed E-state index contributed by atoms with van der Waals surface area (Å²) in [5, 5.41) is 5.65. The van der Waals surface area contributed by atoms with Crippen LogP contribution in [0.4, 0.5) is 10.5 Å². The summed E-state index contributed by atoms with van der Waals surface area (Å²) in [5.41, 5.74) is 3.02. The van der Waals surface area contributed by atoms with E-state index in [1.807, 2.05) is 31.2 Å². The lowest BCUT2D eigenvalue weighted by Crippen LogP contribution is -2.34. The number of urea groups is 1. The van der Waals surface area contributed by atoms with Gasteiger partial charge in [-0.1, -0.05) is 25.1 Å². The van der Waals surface area contributed by atoms with E-state index in [0.29, 0.717) is 11.3 Å². The van der Waals surface area contributed by atoms with Crippen LogP contribution in [0.2, 0.25) is 0 Å². The van der Waals surface area contributed by atoms with Crippen LogP contribution in [-0.2, 0) is 13.0 Å². The highest BCUT2D eigenvalue weighted by molar-refractivity contribution is 6.04. The Morgan fingerprint density at radius 1 is 1.17 bits per heavy atom. The summed E-state index contributed by atoms with van der Waals surface area (Å²) in [6, 6.07) is 10.8. The Labute approximate surface area is 141 Å². The van der Waals surface area contributed by atoms with Gasteiger partial charge in [0.05, 0.1) is 12.2 Å². The molecule has 0 bridgehead atoms. The van der Waals surface area contributed by atoms with E-state index in [1.165, 1.54) is 4.90 Å². The van der Waals surface area contributed by atoms with E-state index in [4.69, 9.17) is 0 Å². The number of carbonyl (C=O) groups is 2. The maximum atomic E-state index is 12.4. The van der Waals surface area contributed by atoms with Crippen molar-refractivity contribution in [3.05, 3.63) is 59.4 Å². The fraction of sp³-hybridized carbons (Fsp3) is 0.278. The van der Waals surface area contributed by atoms with Crippen molar-refractivity contribution in [3.8, 4) is 0 Å². The molecule has 1 aromatic carbocycles. The van der Waals surface area contributed by atoms with E-state index in [-0.39, 0.29) is 18.5 Å². The van der Waals surface area contributed by atoms with Gasteiger partial charge in [0.25, 0.3) is 5.91 Å². The number of nitrogens with zero attached hydrogens (tertiary/aromatic N) is 2. The highest BCUT2D eigenvalue weighted by atomic mass is 16.2. The maximum absolute atomic E-state index is 12.4. The summed E-state index contributed by atoms with van der Waals surface area (Å²) in [6.07, 6.45) is 2.41. The van der Waals surface area contributed by atoms with Gasteiger partial charge in [-0.05, 0) is 30.2 Å². The number of nitrogens with one attached hydrogen (secondary N) is 2. The van der Waals surface area contributed by atoms with E-state index >= 15 is 0 Å². The van der Waals surface area contributed by atoms with Crippen LogP contribution in [0.15, 0.2) is 42.6 Å². The summed E-state index contributed by atoms with van der Waals surface area (Å²) in [5.74, 6) is -0.196. The monoisotopic (exact) mass is 326 g/mol. The highest BCUT2D eigenvalue weighted by Gasteiger charge is 2.10. The molecular formula is C18H22N4O2. The molecule has 2 aromatic rings. The number of hydrogen-bond donors (Lipinski definition) is 2. The van der Waals surface area contributed by atoms with Crippen molar-refractivity contribution in [2.24, 2.45) is 0 Å². The summed E-state index contributed by atoms with van der Waals surface area (Å²) in [7, 11) is 3.33. The zero-order valence-corrected chi connectivity index (χ0v) is 14.2. The second kappa shape index (κ2) is 8.10. The SMILES string of the molecule is CCc1ccccc1NC(=O)c1ccnc(CNC(=O)N(C)C)c1. The molecule has 0 unspecified atom stereocenters. The number of hydrogen-bond acceptors (Lipinski definition) is 3. The lowest BCUT2D eigenvalue weighted by Gasteiger charge is -2.12. The molecule has 126 valence electrons. The molecular weight excluding hydrogens is 304 g/mol. The van der Waals surface area contributed by atoms with Gasteiger partial charge in [0, 0.05) is 31.5 Å². The molecule has 6 nitrogen and oxygen atoms in total. The Balaban J connectivity index is 2.07. The van der Waals surface area contributed by atoms with Gasteiger partial charge in [0.1, 0.15) is 0 Å². The number of carbonyl (C=O) groups excluding carboxylic acids is 2. The van der Waals surface area contributed by atoms with Crippen LogP contribution in [0.1, 0.15) is 28.5 Å².